The summed E-state index contributed by atoms with van der Waals surface area (Å²) in [6.07, 6.45) is 1.66. The molecule has 180 valence electrons. The summed E-state index contributed by atoms with van der Waals surface area (Å²) in [5.74, 6) is 3.05. The lowest BCUT2D eigenvalue weighted by atomic mass is 9.82. The van der Waals surface area contributed by atoms with Gasteiger partial charge in [-0.2, -0.15) is 0 Å². The third-order valence-electron chi connectivity index (χ3n) is 6.87. The van der Waals surface area contributed by atoms with Crippen LogP contribution in [0.25, 0.3) is 27.8 Å². The van der Waals surface area contributed by atoms with E-state index < -0.39 is 0 Å². The molecule has 0 N–H and O–H groups in total. The van der Waals surface area contributed by atoms with E-state index in [9.17, 15) is 0 Å². The summed E-state index contributed by atoms with van der Waals surface area (Å²) in [7, 11) is 3.28. The number of fused-ring (bicyclic) bond motifs is 6. The van der Waals surface area contributed by atoms with Crippen LogP contribution in [-0.4, -0.2) is 33.8 Å². The second-order valence-corrected chi connectivity index (χ2v) is 8.89. The first-order valence-corrected chi connectivity index (χ1v) is 12.0. The van der Waals surface area contributed by atoms with Crippen molar-refractivity contribution in [3.63, 3.8) is 0 Å². The molecular formula is C30H22N4O3. The summed E-state index contributed by atoms with van der Waals surface area (Å²) in [5, 5.41) is 6.86. The normalized spacial score (nSPS) is 14.2. The van der Waals surface area contributed by atoms with Crippen LogP contribution in [0.3, 0.4) is 0 Å². The summed E-state index contributed by atoms with van der Waals surface area (Å²) in [4.78, 5) is 9.65. The van der Waals surface area contributed by atoms with Crippen LogP contribution in [0.5, 0.6) is 23.1 Å². The Kier molecular flexibility index (Phi) is 4.82. The van der Waals surface area contributed by atoms with Gasteiger partial charge in [-0.15, -0.1) is 5.10 Å². The van der Waals surface area contributed by atoms with Gasteiger partial charge in [-0.3, -0.25) is 0 Å². The van der Waals surface area contributed by atoms with Crippen molar-refractivity contribution in [1.29, 1.82) is 0 Å². The summed E-state index contributed by atoms with van der Waals surface area (Å²) in [5.41, 5.74) is 4.52. The fourth-order valence-electron chi connectivity index (χ4n) is 5.14. The molecule has 0 saturated heterocycles. The predicted octanol–water partition coefficient (Wildman–Crippen LogP) is 6.25. The standard InChI is InChI=1S/C30H22N4O3/c1-35-23-15-13-20(16-24(23)36-2)25-22-14-12-18-8-6-7-11-21(18)27(22)37-30-26(25)29-32-28(33-34(29)17-31-30)19-9-4-3-5-10-19/h3-17,25H,1-2H3. The molecule has 1 aliphatic heterocycles. The Bertz CT molecular complexity index is 1800. The number of rotatable bonds is 4. The molecule has 37 heavy (non-hydrogen) atoms. The van der Waals surface area contributed by atoms with E-state index in [0.29, 0.717) is 28.9 Å². The molecule has 0 saturated carbocycles. The Morgan fingerprint density at radius 1 is 0.838 bits per heavy atom. The molecule has 0 bridgehead atoms. The van der Waals surface area contributed by atoms with Crippen LogP contribution in [0.2, 0.25) is 0 Å². The van der Waals surface area contributed by atoms with E-state index in [0.717, 1.165) is 38.8 Å². The fourth-order valence-corrected chi connectivity index (χ4v) is 5.14. The van der Waals surface area contributed by atoms with Crippen LogP contribution in [0.4, 0.5) is 0 Å². The molecule has 7 heteroatoms. The van der Waals surface area contributed by atoms with Gasteiger partial charge in [-0.25, -0.2) is 14.5 Å². The van der Waals surface area contributed by atoms with Gasteiger partial charge in [-0.1, -0.05) is 72.8 Å². The van der Waals surface area contributed by atoms with Gasteiger partial charge in [0, 0.05) is 22.4 Å². The van der Waals surface area contributed by atoms with E-state index in [1.54, 1.807) is 25.1 Å². The first-order valence-electron chi connectivity index (χ1n) is 12.0. The zero-order valence-corrected chi connectivity index (χ0v) is 20.3. The molecule has 0 fully saturated rings. The van der Waals surface area contributed by atoms with Crippen molar-refractivity contribution in [3.05, 3.63) is 108 Å². The molecule has 1 aliphatic rings. The molecule has 7 rings (SSSR count). The average Bonchev–Trinajstić information content (AvgIpc) is 3.41. The van der Waals surface area contributed by atoms with Crippen LogP contribution < -0.4 is 14.2 Å². The third-order valence-corrected chi connectivity index (χ3v) is 6.87. The van der Waals surface area contributed by atoms with Crippen LogP contribution >= 0.6 is 0 Å². The van der Waals surface area contributed by atoms with Gasteiger partial charge >= 0.3 is 0 Å². The molecule has 1 atom stereocenters. The Hall–Kier alpha value is -4.91. The van der Waals surface area contributed by atoms with Crippen LogP contribution in [0, 0.1) is 0 Å². The number of benzene rings is 4. The van der Waals surface area contributed by atoms with Crippen molar-refractivity contribution >= 4 is 16.4 Å². The zero-order chi connectivity index (χ0) is 24.9. The first-order chi connectivity index (χ1) is 18.2. The Labute approximate surface area is 212 Å². The second kappa shape index (κ2) is 8.34. The van der Waals surface area contributed by atoms with Gasteiger partial charge < -0.3 is 14.2 Å². The van der Waals surface area contributed by atoms with Gasteiger partial charge in [0.25, 0.3) is 0 Å². The van der Waals surface area contributed by atoms with Crippen molar-refractivity contribution in [2.75, 3.05) is 14.2 Å². The Balaban J connectivity index is 1.52. The Morgan fingerprint density at radius 2 is 1.65 bits per heavy atom. The quantitative estimate of drug-likeness (QED) is 0.293. The van der Waals surface area contributed by atoms with Crippen LogP contribution in [0.15, 0.2) is 91.3 Å². The second-order valence-electron chi connectivity index (χ2n) is 8.89. The summed E-state index contributed by atoms with van der Waals surface area (Å²) >= 11 is 0. The minimum atomic E-state index is -0.216. The van der Waals surface area contributed by atoms with Crippen LogP contribution in [0.1, 0.15) is 22.6 Å². The molecule has 0 amide bonds. The van der Waals surface area contributed by atoms with Gasteiger partial charge in [-0.05, 0) is 23.1 Å². The average molecular weight is 487 g/mol. The SMILES string of the molecule is COc1ccc(C2c3ccc4ccccc4c3Oc3ncn4nc(-c5ccccc5)nc4c32)cc1OC. The number of nitrogens with zero attached hydrogens (tertiary/aromatic N) is 4. The monoisotopic (exact) mass is 486 g/mol. The number of hydrogen-bond donors (Lipinski definition) is 0. The minimum Gasteiger partial charge on any atom is -0.493 e. The maximum atomic E-state index is 6.52. The van der Waals surface area contributed by atoms with Gasteiger partial charge in [0.15, 0.2) is 23.0 Å². The van der Waals surface area contributed by atoms with E-state index in [1.165, 1.54) is 0 Å². The first kappa shape index (κ1) is 21.4. The van der Waals surface area contributed by atoms with Gasteiger partial charge in [0.2, 0.25) is 5.88 Å². The lowest BCUT2D eigenvalue weighted by Gasteiger charge is -2.29. The van der Waals surface area contributed by atoms with Gasteiger partial charge in [0.1, 0.15) is 12.1 Å². The summed E-state index contributed by atoms with van der Waals surface area (Å²) < 4.78 is 19.4. The molecule has 1 unspecified atom stereocenters. The van der Waals surface area contributed by atoms with E-state index in [4.69, 9.17) is 29.3 Å². The van der Waals surface area contributed by atoms with Crippen molar-refractivity contribution < 1.29 is 14.2 Å². The number of methoxy groups -OCH3 is 2. The van der Waals surface area contributed by atoms with E-state index in [1.807, 2.05) is 54.6 Å². The lowest BCUT2D eigenvalue weighted by molar-refractivity contribution is 0.354. The van der Waals surface area contributed by atoms with Crippen molar-refractivity contribution in [3.8, 4) is 34.5 Å². The third kappa shape index (κ3) is 3.31. The predicted molar refractivity (Wildman–Crippen MR) is 141 cm³/mol. The van der Waals surface area contributed by atoms with E-state index in [-0.39, 0.29) is 5.92 Å². The highest BCUT2D eigenvalue weighted by Gasteiger charge is 2.34. The maximum absolute atomic E-state index is 6.52. The molecule has 3 heterocycles. The smallest absolute Gasteiger partial charge is 0.228 e. The van der Waals surface area contributed by atoms with Crippen molar-refractivity contribution in [1.82, 2.24) is 19.6 Å². The number of hydrogen-bond acceptors (Lipinski definition) is 6. The maximum Gasteiger partial charge on any atom is 0.228 e. The molecule has 2 aromatic heterocycles. The van der Waals surface area contributed by atoms with Gasteiger partial charge in [0.05, 0.1) is 19.8 Å². The number of ether oxygens (including phenoxy) is 3. The molecule has 0 spiro atoms. The van der Waals surface area contributed by atoms with E-state index >= 15 is 0 Å². The number of aromatic nitrogens is 4. The fraction of sp³-hybridized carbons (Fsp3) is 0.100. The molecular weight excluding hydrogens is 464 g/mol. The van der Waals surface area contributed by atoms with Crippen LogP contribution in [-0.2, 0) is 0 Å². The highest BCUT2D eigenvalue weighted by Crippen LogP contribution is 2.51. The van der Waals surface area contributed by atoms with Crippen molar-refractivity contribution in [2.24, 2.45) is 0 Å². The summed E-state index contributed by atoms with van der Waals surface area (Å²) in [6, 6.07) is 28.4. The van der Waals surface area contributed by atoms with E-state index in [2.05, 4.69) is 30.3 Å². The largest absolute Gasteiger partial charge is 0.493 e. The molecule has 6 aromatic rings. The summed E-state index contributed by atoms with van der Waals surface area (Å²) in [6.45, 7) is 0. The highest BCUT2D eigenvalue weighted by atomic mass is 16.5. The topological polar surface area (TPSA) is 70.8 Å². The Morgan fingerprint density at radius 3 is 2.49 bits per heavy atom. The van der Waals surface area contributed by atoms with Crippen molar-refractivity contribution in [2.45, 2.75) is 5.92 Å². The zero-order valence-electron chi connectivity index (χ0n) is 20.3. The highest BCUT2D eigenvalue weighted by molar-refractivity contribution is 5.91. The molecule has 0 radical (unpaired) electrons. The minimum absolute atomic E-state index is 0.216. The lowest BCUT2D eigenvalue weighted by Crippen LogP contribution is -2.15. The molecule has 0 aliphatic carbocycles. The molecule has 4 aromatic carbocycles. The molecule has 7 nitrogen and oxygen atoms in total.